The molecule has 0 aliphatic rings. The van der Waals surface area contributed by atoms with Gasteiger partial charge in [0.05, 0.1) is 11.9 Å². The van der Waals surface area contributed by atoms with E-state index in [1.807, 2.05) is 39.2 Å². The lowest BCUT2D eigenvalue weighted by molar-refractivity contribution is 0.238. The fraction of sp³-hybridized carbons (Fsp3) is 0.357. The minimum absolute atomic E-state index is 0.113. The van der Waals surface area contributed by atoms with Crippen molar-refractivity contribution in [1.82, 2.24) is 25.4 Å². The molecule has 6 heteroatoms. The number of rotatable bonds is 4. The van der Waals surface area contributed by atoms with Crippen LogP contribution < -0.4 is 10.6 Å². The van der Waals surface area contributed by atoms with Crippen LogP contribution in [0.1, 0.15) is 19.4 Å². The molecule has 0 saturated heterocycles. The van der Waals surface area contributed by atoms with E-state index in [1.165, 1.54) is 0 Å². The second-order valence-electron chi connectivity index (χ2n) is 4.90. The highest BCUT2D eigenvalue weighted by atomic mass is 16.2. The number of carbonyl (C=O) groups excluding carboxylic acids is 1. The van der Waals surface area contributed by atoms with E-state index in [4.69, 9.17) is 0 Å². The normalized spacial score (nSPS) is 10.6. The van der Waals surface area contributed by atoms with E-state index in [0.717, 1.165) is 16.8 Å². The van der Waals surface area contributed by atoms with Crippen LogP contribution in [0.15, 0.2) is 30.7 Å². The van der Waals surface area contributed by atoms with Crippen molar-refractivity contribution in [3.8, 4) is 11.3 Å². The Hall–Kier alpha value is -2.37. The maximum atomic E-state index is 11.6. The van der Waals surface area contributed by atoms with E-state index in [0.29, 0.717) is 6.54 Å². The summed E-state index contributed by atoms with van der Waals surface area (Å²) in [5.41, 5.74) is 2.74. The topological polar surface area (TPSA) is 71.8 Å². The summed E-state index contributed by atoms with van der Waals surface area (Å²) in [6.45, 7) is 4.27. The van der Waals surface area contributed by atoms with Gasteiger partial charge in [0.2, 0.25) is 0 Å². The van der Waals surface area contributed by atoms with Gasteiger partial charge in [0, 0.05) is 37.6 Å². The molecule has 2 aromatic rings. The predicted octanol–water partition coefficient (Wildman–Crippen LogP) is 1.69. The van der Waals surface area contributed by atoms with Gasteiger partial charge in [-0.05, 0) is 25.5 Å². The number of aryl methyl sites for hydroxylation is 1. The maximum absolute atomic E-state index is 11.6. The Labute approximate surface area is 118 Å². The zero-order valence-corrected chi connectivity index (χ0v) is 11.9. The van der Waals surface area contributed by atoms with Crippen molar-refractivity contribution in [2.45, 2.75) is 26.4 Å². The number of pyridine rings is 1. The second-order valence-corrected chi connectivity index (χ2v) is 4.90. The molecule has 0 aliphatic heterocycles. The molecule has 20 heavy (non-hydrogen) atoms. The average Bonchev–Trinajstić information content (AvgIpc) is 2.82. The Morgan fingerprint density at radius 3 is 2.90 bits per heavy atom. The van der Waals surface area contributed by atoms with Gasteiger partial charge in [0.15, 0.2) is 0 Å². The highest BCUT2D eigenvalue weighted by Gasteiger charge is 2.09. The first-order chi connectivity index (χ1) is 9.56. The van der Waals surface area contributed by atoms with Gasteiger partial charge in [-0.25, -0.2) is 4.79 Å². The fourth-order valence-corrected chi connectivity index (χ4v) is 1.87. The number of carbonyl (C=O) groups is 1. The number of nitrogens with zero attached hydrogens (tertiary/aromatic N) is 3. The molecule has 0 aliphatic carbocycles. The number of hydrogen-bond acceptors (Lipinski definition) is 3. The number of urea groups is 1. The van der Waals surface area contributed by atoms with Gasteiger partial charge in [-0.15, -0.1) is 0 Å². The van der Waals surface area contributed by atoms with E-state index < -0.39 is 0 Å². The van der Waals surface area contributed by atoms with E-state index in [2.05, 4.69) is 20.7 Å². The zero-order chi connectivity index (χ0) is 14.5. The third-order valence-corrected chi connectivity index (χ3v) is 2.73. The smallest absolute Gasteiger partial charge is 0.315 e. The summed E-state index contributed by atoms with van der Waals surface area (Å²) in [6.07, 6.45) is 5.40. The number of amides is 2. The SMILES string of the molecule is CC(C)NC(=O)NCc1cccnc1-c1cnn(C)c1. The third kappa shape index (κ3) is 3.57. The van der Waals surface area contributed by atoms with Crippen molar-refractivity contribution in [3.63, 3.8) is 0 Å². The predicted molar refractivity (Wildman–Crippen MR) is 76.9 cm³/mol. The molecule has 2 rings (SSSR count). The van der Waals surface area contributed by atoms with E-state index in [-0.39, 0.29) is 12.1 Å². The molecular formula is C14H19N5O. The van der Waals surface area contributed by atoms with E-state index >= 15 is 0 Å². The van der Waals surface area contributed by atoms with Crippen LogP contribution in [0.5, 0.6) is 0 Å². The van der Waals surface area contributed by atoms with Crippen molar-refractivity contribution >= 4 is 6.03 Å². The van der Waals surface area contributed by atoms with Crippen LogP contribution >= 0.6 is 0 Å². The maximum Gasteiger partial charge on any atom is 0.315 e. The molecule has 0 aromatic carbocycles. The van der Waals surface area contributed by atoms with Crippen LogP contribution in [0.3, 0.4) is 0 Å². The largest absolute Gasteiger partial charge is 0.336 e. The van der Waals surface area contributed by atoms with Gasteiger partial charge in [-0.3, -0.25) is 9.67 Å². The summed E-state index contributed by atoms with van der Waals surface area (Å²) in [7, 11) is 1.86. The van der Waals surface area contributed by atoms with Gasteiger partial charge in [0.1, 0.15) is 0 Å². The minimum Gasteiger partial charge on any atom is -0.336 e. The first-order valence-electron chi connectivity index (χ1n) is 6.53. The summed E-state index contributed by atoms with van der Waals surface area (Å²) < 4.78 is 1.73. The van der Waals surface area contributed by atoms with Gasteiger partial charge in [-0.1, -0.05) is 6.07 Å². The molecule has 2 amide bonds. The van der Waals surface area contributed by atoms with Crippen molar-refractivity contribution < 1.29 is 4.79 Å². The van der Waals surface area contributed by atoms with Crippen LogP contribution in [0.25, 0.3) is 11.3 Å². The van der Waals surface area contributed by atoms with Crippen LogP contribution in [-0.4, -0.2) is 26.8 Å². The molecule has 0 radical (unpaired) electrons. The lowest BCUT2D eigenvalue weighted by atomic mass is 10.1. The zero-order valence-electron chi connectivity index (χ0n) is 11.9. The molecule has 106 valence electrons. The number of hydrogen-bond donors (Lipinski definition) is 2. The van der Waals surface area contributed by atoms with Crippen LogP contribution in [0.2, 0.25) is 0 Å². The average molecular weight is 273 g/mol. The quantitative estimate of drug-likeness (QED) is 0.890. The van der Waals surface area contributed by atoms with Crippen molar-refractivity contribution in [3.05, 3.63) is 36.3 Å². The summed E-state index contributed by atoms with van der Waals surface area (Å²) >= 11 is 0. The van der Waals surface area contributed by atoms with E-state index in [9.17, 15) is 4.79 Å². The molecule has 2 heterocycles. The fourth-order valence-electron chi connectivity index (χ4n) is 1.87. The summed E-state index contributed by atoms with van der Waals surface area (Å²) in [5, 5.41) is 9.77. The highest BCUT2D eigenvalue weighted by molar-refractivity contribution is 5.74. The van der Waals surface area contributed by atoms with Crippen molar-refractivity contribution in [1.29, 1.82) is 0 Å². The molecular weight excluding hydrogens is 254 g/mol. The number of aromatic nitrogens is 3. The summed E-state index contributed by atoms with van der Waals surface area (Å²) in [4.78, 5) is 16.0. The van der Waals surface area contributed by atoms with Gasteiger partial charge >= 0.3 is 6.03 Å². The van der Waals surface area contributed by atoms with Crippen molar-refractivity contribution in [2.75, 3.05) is 0 Å². The van der Waals surface area contributed by atoms with Crippen LogP contribution in [-0.2, 0) is 13.6 Å². The van der Waals surface area contributed by atoms with Crippen molar-refractivity contribution in [2.24, 2.45) is 7.05 Å². The molecule has 0 spiro atoms. The number of nitrogens with one attached hydrogen (secondary N) is 2. The first kappa shape index (κ1) is 14.0. The third-order valence-electron chi connectivity index (χ3n) is 2.73. The Morgan fingerprint density at radius 1 is 1.45 bits per heavy atom. The van der Waals surface area contributed by atoms with Gasteiger partial charge < -0.3 is 10.6 Å². The standard InChI is InChI=1S/C14H19N5O/c1-10(2)18-14(20)16-7-11-5-4-6-15-13(11)12-8-17-19(3)9-12/h4-6,8-10H,7H2,1-3H3,(H2,16,18,20). The highest BCUT2D eigenvalue weighted by Crippen LogP contribution is 2.19. The Kier molecular flexibility index (Phi) is 4.34. The van der Waals surface area contributed by atoms with Gasteiger partial charge in [0.25, 0.3) is 0 Å². The first-order valence-corrected chi connectivity index (χ1v) is 6.53. The minimum atomic E-state index is -0.180. The molecule has 6 nitrogen and oxygen atoms in total. The molecule has 0 bridgehead atoms. The Bertz CT molecular complexity index is 591. The Morgan fingerprint density at radius 2 is 2.25 bits per heavy atom. The van der Waals surface area contributed by atoms with Gasteiger partial charge in [-0.2, -0.15) is 5.10 Å². The van der Waals surface area contributed by atoms with E-state index in [1.54, 1.807) is 17.1 Å². The summed E-state index contributed by atoms with van der Waals surface area (Å²) in [5.74, 6) is 0. The van der Waals surface area contributed by atoms with Crippen LogP contribution in [0, 0.1) is 0 Å². The molecule has 0 atom stereocenters. The monoisotopic (exact) mass is 273 g/mol. The lowest BCUT2D eigenvalue weighted by Crippen LogP contribution is -2.39. The van der Waals surface area contributed by atoms with Crippen LogP contribution in [0.4, 0.5) is 4.79 Å². The molecule has 0 saturated carbocycles. The molecule has 0 unspecified atom stereocenters. The lowest BCUT2D eigenvalue weighted by Gasteiger charge is -2.11. The molecule has 2 aromatic heterocycles. The molecule has 0 fully saturated rings. The summed E-state index contributed by atoms with van der Waals surface area (Å²) in [6, 6.07) is 3.74. The Balaban J connectivity index is 2.11. The second kappa shape index (κ2) is 6.18. The molecule has 2 N–H and O–H groups in total.